The van der Waals surface area contributed by atoms with Crippen LogP contribution < -0.4 is 9.46 Å². The molecule has 1 amide bonds. The number of ether oxygens (including phenoxy) is 1. The highest BCUT2D eigenvalue weighted by atomic mass is 32.2. The molecule has 1 heterocycles. The largest absolute Gasteiger partial charge is 0.487 e. The number of aromatic nitrogens is 1. The first-order valence-corrected chi connectivity index (χ1v) is 11.0. The van der Waals surface area contributed by atoms with Gasteiger partial charge in [-0.1, -0.05) is 48.5 Å². The van der Waals surface area contributed by atoms with E-state index in [2.05, 4.69) is 4.98 Å². The summed E-state index contributed by atoms with van der Waals surface area (Å²) in [6.45, 7) is 0.514. The first-order chi connectivity index (χ1) is 14.9. The van der Waals surface area contributed by atoms with Crippen molar-refractivity contribution in [2.75, 3.05) is 7.05 Å². The second-order valence-electron chi connectivity index (χ2n) is 6.73. The Kier molecular flexibility index (Phi) is 7.53. The standard InChI is InChI=1S/C23H23N3O4S/c1-26(17-20-7-3-2-4-8-20)31(28,29)25-23(27)15-12-19-10-13-22(14-11-19)30-18-21-9-5-6-16-24-21/h2-16H,17-18H2,1H3,(H,25,27). The number of amides is 1. The van der Waals surface area contributed by atoms with Gasteiger partial charge >= 0.3 is 10.2 Å². The first kappa shape index (κ1) is 22.2. The van der Waals surface area contributed by atoms with E-state index in [0.29, 0.717) is 12.4 Å². The van der Waals surface area contributed by atoms with Gasteiger partial charge in [0.1, 0.15) is 12.4 Å². The van der Waals surface area contributed by atoms with Gasteiger partial charge in [0.15, 0.2) is 0 Å². The van der Waals surface area contributed by atoms with Gasteiger partial charge in [-0.3, -0.25) is 9.78 Å². The lowest BCUT2D eigenvalue weighted by molar-refractivity contribution is -0.114. The van der Waals surface area contributed by atoms with Crippen molar-refractivity contribution < 1.29 is 17.9 Å². The second-order valence-corrected chi connectivity index (χ2v) is 8.50. The molecule has 0 saturated carbocycles. The van der Waals surface area contributed by atoms with Gasteiger partial charge in [-0.15, -0.1) is 0 Å². The maximum atomic E-state index is 12.3. The number of pyridine rings is 1. The van der Waals surface area contributed by atoms with Crippen LogP contribution in [0.4, 0.5) is 0 Å². The summed E-state index contributed by atoms with van der Waals surface area (Å²) in [7, 11) is -2.53. The molecule has 160 valence electrons. The van der Waals surface area contributed by atoms with Crippen LogP contribution in [-0.4, -0.2) is 30.7 Å². The summed E-state index contributed by atoms with van der Waals surface area (Å²) in [5.74, 6) is -0.0623. The molecule has 0 unspecified atom stereocenters. The molecule has 31 heavy (non-hydrogen) atoms. The van der Waals surface area contributed by atoms with E-state index in [0.717, 1.165) is 21.1 Å². The van der Waals surface area contributed by atoms with Crippen molar-refractivity contribution >= 4 is 22.2 Å². The highest BCUT2D eigenvalue weighted by molar-refractivity contribution is 7.87. The van der Waals surface area contributed by atoms with Crippen molar-refractivity contribution in [2.45, 2.75) is 13.2 Å². The van der Waals surface area contributed by atoms with Gasteiger partial charge < -0.3 is 4.74 Å². The SMILES string of the molecule is CN(Cc1ccccc1)S(=O)(=O)NC(=O)C=Cc1ccc(OCc2ccccn2)cc1. The molecular weight excluding hydrogens is 414 g/mol. The van der Waals surface area contributed by atoms with Crippen molar-refractivity contribution in [3.8, 4) is 5.75 Å². The Balaban J connectivity index is 1.51. The lowest BCUT2D eigenvalue weighted by Crippen LogP contribution is -2.40. The van der Waals surface area contributed by atoms with Crippen LogP contribution in [0.1, 0.15) is 16.8 Å². The number of rotatable bonds is 9. The Morgan fingerprint density at radius 1 is 1.03 bits per heavy atom. The zero-order chi connectivity index (χ0) is 22.1. The zero-order valence-electron chi connectivity index (χ0n) is 17.0. The first-order valence-electron chi connectivity index (χ1n) is 9.55. The molecule has 0 aliphatic heterocycles. The molecule has 0 spiro atoms. The molecule has 3 rings (SSSR count). The van der Waals surface area contributed by atoms with Gasteiger partial charge in [0.2, 0.25) is 0 Å². The number of carbonyl (C=O) groups excluding carboxylic acids is 1. The molecule has 0 fully saturated rings. The van der Waals surface area contributed by atoms with E-state index in [1.54, 1.807) is 30.5 Å². The van der Waals surface area contributed by atoms with Gasteiger partial charge in [-0.2, -0.15) is 12.7 Å². The average Bonchev–Trinajstić information content (AvgIpc) is 2.78. The summed E-state index contributed by atoms with van der Waals surface area (Å²) >= 11 is 0. The fourth-order valence-corrected chi connectivity index (χ4v) is 3.45. The molecule has 0 aliphatic carbocycles. The van der Waals surface area contributed by atoms with Crippen LogP contribution in [-0.2, 0) is 28.2 Å². The number of carbonyl (C=O) groups is 1. The van der Waals surface area contributed by atoms with Crippen LogP contribution in [0.3, 0.4) is 0 Å². The third kappa shape index (κ3) is 7.06. The third-order valence-corrected chi connectivity index (χ3v) is 5.72. The highest BCUT2D eigenvalue weighted by Crippen LogP contribution is 2.14. The molecule has 3 aromatic rings. The van der Waals surface area contributed by atoms with Crippen LogP contribution in [0.2, 0.25) is 0 Å². The van der Waals surface area contributed by atoms with E-state index in [-0.39, 0.29) is 6.54 Å². The number of benzene rings is 2. The van der Waals surface area contributed by atoms with Crippen molar-refractivity contribution in [1.29, 1.82) is 0 Å². The zero-order valence-corrected chi connectivity index (χ0v) is 17.8. The van der Waals surface area contributed by atoms with E-state index >= 15 is 0 Å². The van der Waals surface area contributed by atoms with Crippen LogP contribution in [0.5, 0.6) is 5.75 Å². The lowest BCUT2D eigenvalue weighted by atomic mass is 10.2. The van der Waals surface area contributed by atoms with E-state index in [4.69, 9.17) is 4.74 Å². The third-order valence-electron chi connectivity index (χ3n) is 4.31. The summed E-state index contributed by atoms with van der Waals surface area (Å²) in [4.78, 5) is 16.3. The fourth-order valence-electron chi connectivity index (χ4n) is 2.65. The summed E-state index contributed by atoms with van der Waals surface area (Å²) < 4.78 is 33.4. The van der Waals surface area contributed by atoms with Crippen LogP contribution in [0.15, 0.2) is 85.1 Å². The van der Waals surface area contributed by atoms with Crippen molar-refractivity contribution in [3.05, 3.63) is 102 Å². The molecule has 1 N–H and O–H groups in total. The molecule has 0 atom stereocenters. The van der Waals surface area contributed by atoms with Crippen molar-refractivity contribution in [3.63, 3.8) is 0 Å². The van der Waals surface area contributed by atoms with Gasteiger partial charge in [-0.05, 0) is 41.5 Å². The van der Waals surface area contributed by atoms with Gasteiger partial charge in [0.05, 0.1) is 5.69 Å². The van der Waals surface area contributed by atoms with E-state index in [1.165, 1.54) is 19.2 Å². The maximum absolute atomic E-state index is 12.3. The number of nitrogens with one attached hydrogen (secondary N) is 1. The number of hydrogen-bond acceptors (Lipinski definition) is 5. The Morgan fingerprint density at radius 3 is 2.42 bits per heavy atom. The van der Waals surface area contributed by atoms with Crippen molar-refractivity contribution in [2.24, 2.45) is 0 Å². The van der Waals surface area contributed by atoms with Crippen LogP contribution in [0, 0.1) is 0 Å². The van der Waals surface area contributed by atoms with E-state index < -0.39 is 16.1 Å². The predicted octanol–water partition coefficient (Wildman–Crippen LogP) is 3.17. The molecule has 2 aromatic carbocycles. The molecule has 0 bridgehead atoms. The minimum Gasteiger partial charge on any atom is -0.487 e. The number of nitrogens with zero attached hydrogens (tertiary/aromatic N) is 2. The van der Waals surface area contributed by atoms with E-state index in [1.807, 2.05) is 53.3 Å². The summed E-state index contributed by atoms with van der Waals surface area (Å²) in [5, 5.41) is 0. The molecule has 0 radical (unpaired) electrons. The normalized spacial score (nSPS) is 11.5. The number of hydrogen-bond donors (Lipinski definition) is 1. The Labute approximate surface area is 182 Å². The summed E-state index contributed by atoms with van der Waals surface area (Å²) in [6, 6.07) is 21.8. The smallest absolute Gasteiger partial charge is 0.304 e. The Hall–Kier alpha value is -3.49. The highest BCUT2D eigenvalue weighted by Gasteiger charge is 2.19. The molecule has 0 saturated heterocycles. The fraction of sp³-hybridized carbons (Fsp3) is 0.130. The van der Waals surface area contributed by atoms with E-state index in [9.17, 15) is 13.2 Å². The predicted molar refractivity (Wildman–Crippen MR) is 119 cm³/mol. The van der Waals surface area contributed by atoms with Crippen molar-refractivity contribution in [1.82, 2.24) is 14.0 Å². The average molecular weight is 438 g/mol. The monoisotopic (exact) mass is 437 g/mol. The minimum atomic E-state index is -3.95. The quantitative estimate of drug-likeness (QED) is 0.520. The lowest BCUT2D eigenvalue weighted by Gasteiger charge is -2.16. The molecular formula is C23H23N3O4S. The van der Waals surface area contributed by atoms with Crippen LogP contribution in [0.25, 0.3) is 6.08 Å². The van der Waals surface area contributed by atoms with Gasteiger partial charge in [-0.25, -0.2) is 4.72 Å². The second kappa shape index (κ2) is 10.5. The molecule has 0 aliphatic rings. The molecule has 7 nitrogen and oxygen atoms in total. The Bertz CT molecular complexity index is 1120. The Morgan fingerprint density at radius 2 is 1.74 bits per heavy atom. The van der Waals surface area contributed by atoms with Crippen LogP contribution >= 0.6 is 0 Å². The minimum absolute atomic E-state index is 0.160. The topological polar surface area (TPSA) is 88.6 Å². The maximum Gasteiger partial charge on any atom is 0.304 e. The molecule has 1 aromatic heterocycles. The van der Waals surface area contributed by atoms with Gasteiger partial charge in [0.25, 0.3) is 5.91 Å². The summed E-state index contributed by atoms with van der Waals surface area (Å²) in [6.07, 6.45) is 4.42. The van der Waals surface area contributed by atoms with Gasteiger partial charge in [0, 0.05) is 25.9 Å². The summed E-state index contributed by atoms with van der Waals surface area (Å²) in [5.41, 5.74) is 2.38. The molecule has 8 heteroatoms.